The second-order valence-electron chi connectivity index (χ2n) is 15.2. The Kier molecular flexibility index (Phi) is 5.83. The van der Waals surface area contributed by atoms with Crippen LogP contribution in [0.1, 0.15) is 22.3 Å². The summed E-state index contributed by atoms with van der Waals surface area (Å²) in [5.74, 6) is 0. The minimum Gasteiger partial charge on any atom is -0.456 e. The molecule has 13 rings (SSSR count). The van der Waals surface area contributed by atoms with Gasteiger partial charge in [-0.25, -0.2) is 4.98 Å². The minimum atomic E-state index is -0.510. The van der Waals surface area contributed by atoms with Gasteiger partial charge in [-0.15, -0.1) is 0 Å². The van der Waals surface area contributed by atoms with Gasteiger partial charge < -0.3 is 4.42 Å². The van der Waals surface area contributed by atoms with E-state index < -0.39 is 5.41 Å². The van der Waals surface area contributed by atoms with E-state index in [1.54, 1.807) is 0 Å². The van der Waals surface area contributed by atoms with Gasteiger partial charge in [0.05, 0.1) is 28.3 Å². The lowest BCUT2D eigenvalue weighted by atomic mass is 9.70. The van der Waals surface area contributed by atoms with Crippen LogP contribution in [-0.2, 0) is 5.41 Å². The number of para-hydroxylation sites is 1. The maximum Gasteiger partial charge on any atom is 0.135 e. The van der Waals surface area contributed by atoms with Crippen LogP contribution in [0.25, 0.3) is 99.2 Å². The zero-order valence-corrected chi connectivity index (χ0v) is 30.1. The number of hydrogen-bond donors (Lipinski definition) is 0. The molecule has 0 fully saturated rings. The number of furan rings is 1. The second-order valence-corrected chi connectivity index (χ2v) is 15.2. The summed E-state index contributed by atoms with van der Waals surface area (Å²) in [5.41, 5.74) is 17.7. The topological polar surface area (TPSA) is 38.9 Å². The zero-order chi connectivity index (χ0) is 36.5. The Morgan fingerprint density at radius 3 is 1.57 bits per heavy atom. The third-order valence-electron chi connectivity index (χ3n) is 12.5. The smallest absolute Gasteiger partial charge is 0.135 e. The predicted molar refractivity (Wildman–Crippen MR) is 229 cm³/mol. The molecule has 3 heteroatoms. The standard InChI is InChI=1S/C53H30N2O/c1-3-16-41-34(11-1)35-12-2-4-17-42(35)52-51(41)54-30-48(55-52)33-22-25-39-38-24-21-32(31-23-26-50-43(27-31)40-15-7-10-20-49(40)56-50)28-46(38)53(47(39)29-33)44-18-8-5-13-36(44)37-14-6-9-19-45(37)53/h1-30H. The fraction of sp³-hybridized carbons (Fsp3) is 0.0189. The fourth-order valence-corrected chi connectivity index (χ4v) is 10.1. The van der Waals surface area contributed by atoms with E-state index in [0.29, 0.717) is 0 Å². The van der Waals surface area contributed by atoms with E-state index in [1.165, 1.54) is 66.4 Å². The van der Waals surface area contributed by atoms with Crippen LogP contribution < -0.4 is 0 Å². The number of aromatic nitrogens is 2. The van der Waals surface area contributed by atoms with Gasteiger partial charge in [0.15, 0.2) is 0 Å². The molecule has 2 aliphatic rings. The highest BCUT2D eigenvalue weighted by molar-refractivity contribution is 6.23. The monoisotopic (exact) mass is 710 g/mol. The van der Waals surface area contributed by atoms with Crippen molar-refractivity contribution < 1.29 is 4.42 Å². The van der Waals surface area contributed by atoms with Crippen LogP contribution in [0.5, 0.6) is 0 Å². The predicted octanol–water partition coefficient (Wildman–Crippen LogP) is 13.5. The zero-order valence-electron chi connectivity index (χ0n) is 30.1. The largest absolute Gasteiger partial charge is 0.456 e. The molecule has 0 bridgehead atoms. The molecule has 3 nitrogen and oxygen atoms in total. The minimum absolute atomic E-state index is 0.510. The molecule has 2 heterocycles. The molecule has 2 aliphatic carbocycles. The molecule has 0 unspecified atom stereocenters. The Morgan fingerprint density at radius 1 is 0.357 bits per heavy atom. The SMILES string of the molecule is c1ccc2c(c1)-c1ccccc1C21c2cc(-c3ccc4oc5ccccc5c4c3)ccc2-c2ccc(-c3cnc4c5ccccc5c5ccccc5c4n3)cc21. The molecule has 0 aliphatic heterocycles. The first kappa shape index (κ1) is 30.0. The van der Waals surface area contributed by atoms with Crippen LogP contribution >= 0.6 is 0 Å². The molecular weight excluding hydrogens is 681 g/mol. The lowest BCUT2D eigenvalue weighted by Crippen LogP contribution is -2.26. The summed E-state index contributed by atoms with van der Waals surface area (Å²) in [6.45, 7) is 0. The average Bonchev–Trinajstić information content (AvgIpc) is 3.89. The molecule has 258 valence electrons. The quantitative estimate of drug-likeness (QED) is 0.168. The summed E-state index contributed by atoms with van der Waals surface area (Å²) >= 11 is 0. The van der Waals surface area contributed by atoms with Gasteiger partial charge in [0.1, 0.15) is 11.2 Å². The molecule has 0 radical (unpaired) electrons. The lowest BCUT2D eigenvalue weighted by Gasteiger charge is -2.31. The summed E-state index contributed by atoms with van der Waals surface area (Å²) in [4.78, 5) is 10.6. The Balaban J connectivity index is 1.06. The van der Waals surface area contributed by atoms with E-state index in [-0.39, 0.29) is 0 Å². The lowest BCUT2D eigenvalue weighted by molar-refractivity contribution is 0.669. The third-order valence-corrected chi connectivity index (χ3v) is 12.5. The van der Waals surface area contributed by atoms with Crippen molar-refractivity contribution in [1.29, 1.82) is 0 Å². The van der Waals surface area contributed by atoms with E-state index in [1.807, 2.05) is 18.3 Å². The van der Waals surface area contributed by atoms with Crippen molar-refractivity contribution in [2.24, 2.45) is 0 Å². The van der Waals surface area contributed by atoms with Crippen molar-refractivity contribution in [2.75, 3.05) is 0 Å². The van der Waals surface area contributed by atoms with Crippen molar-refractivity contribution in [2.45, 2.75) is 5.41 Å². The molecule has 0 saturated carbocycles. The first-order chi connectivity index (χ1) is 27.8. The van der Waals surface area contributed by atoms with Crippen molar-refractivity contribution in [3.8, 4) is 44.6 Å². The highest BCUT2D eigenvalue weighted by atomic mass is 16.3. The molecule has 0 N–H and O–H groups in total. The van der Waals surface area contributed by atoms with Crippen molar-refractivity contribution in [3.63, 3.8) is 0 Å². The number of benzene rings is 9. The van der Waals surface area contributed by atoms with Gasteiger partial charge in [-0.3, -0.25) is 4.98 Å². The van der Waals surface area contributed by atoms with Crippen molar-refractivity contribution >= 4 is 54.5 Å². The fourth-order valence-electron chi connectivity index (χ4n) is 10.1. The van der Waals surface area contributed by atoms with Gasteiger partial charge in [0.25, 0.3) is 0 Å². The Hall–Kier alpha value is -7.36. The van der Waals surface area contributed by atoms with Gasteiger partial charge in [0, 0.05) is 27.1 Å². The van der Waals surface area contributed by atoms with E-state index >= 15 is 0 Å². The number of rotatable bonds is 2. The molecule has 2 aromatic heterocycles. The molecule has 0 amide bonds. The summed E-state index contributed by atoms with van der Waals surface area (Å²) < 4.78 is 6.22. The van der Waals surface area contributed by atoms with E-state index in [0.717, 1.165) is 55.0 Å². The second kappa shape index (κ2) is 10.9. The van der Waals surface area contributed by atoms with Gasteiger partial charge in [-0.05, 0) is 96.7 Å². The molecule has 0 atom stereocenters. The molecule has 11 aromatic rings. The van der Waals surface area contributed by atoms with Crippen molar-refractivity contribution in [3.05, 3.63) is 204 Å². The van der Waals surface area contributed by atoms with Crippen LogP contribution in [0.15, 0.2) is 187 Å². The molecule has 56 heavy (non-hydrogen) atoms. The average molecular weight is 711 g/mol. The highest BCUT2D eigenvalue weighted by Gasteiger charge is 2.51. The number of fused-ring (bicyclic) bond motifs is 19. The van der Waals surface area contributed by atoms with Crippen LogP contribution in [-0.4, -0.2) is 9.97 Å². The van der Waals surface area contributed by atoms with E-state index in [4.69, 9.17) is 14.4 Å². The van der Waals surface area contributed by atoms with Crippen LogP contribution in [0.3, 0.4) is 0 Å². The summed E-state index contributed by atoms with van der Waals surface area (Å²) in [5, 5.41) is 6.91. The molecule has 0 saturated heterocycles. The first-order valence-corrected chi connectivity index (χ1v) is 19.2. The van der Waals surface area contributed by atoms with Crippen molar-refractivity contribution in [1.82, 2.24) is 9.97 Å². The van der Waals surface area contributed by atoms with Gasteiger partial charge in [-0.1, -0.05) is 146 Å². The summed E-state index contributed by atoms with van der Waals surface area (Å²) in [6.07, 6.45) is 1.96. The molecular formula is C53H30N2O. The maximum atomic E-state index is 6.22. The van der Waals surface area contributed by atoms with Gasteiger partial charge in [0.2, 0.25) is 0 Å². The normalized spacial score (nSPS) is 13.5. The third kappa shape index (κ3) is 3.81. The van der Waals surface area contributed by atoms with E-state index in [9.17, 15) is 0 Å². The maximum absolute atomic E-state index is 6.22. The van der Waals surface area contributed by atoms with Crippen LogP contribution in [0, 0.1) is 0 Å². The van der Waals surface area contributed by atoms with Gasteiger partial charge >= 0.3 is 0 Å². The van der Waals surface area contributed by atoms with Crippen LogP contribution in [0.4, 0.5) is 0 Å². The summed E-state index contributed by atoms with van der Waals surface area (Å²) in [7, 11) is 0. The highest BCUT2D eigenvalue weighted by Crippen LogP contribution is 2.63. The Bertz CT molecular complexity index is 3420. The van der Waals surface area contributed by atoms with E-state index in [2.05, 4.69) is 164 Å². The number of nitrogens with zero attached hydrogens (tertiary/aromatic N) is 2. The molecule has 1 spiro atoms. The summed E-state index contributed by atoms with van der Waals surface area (Å²) in [6, 6.07) is 64.0. The number of hydrogen-bond acceptors (Lipinski definition) is 3. The first-order valence-electron chi connectivity index (χ1n) is 19.2. The van der Waals surface area contributed by atoms with Crippen LogP contribution in [0.2, 0.25) is 0 Å². The van der Waals surface area contributed by atoms with Gasteiger partial charge in [-0.2, -0.15) is 0 Å². The molecule has 9 aromatic carbocycles. The Morgan fingerprint density at radius 2 is 0.857 bits per heavy atom. The Labute approximate surface area is 322 Å².